The van der Waals surface area contributed by atoms with Crippen molar-refractivity contribution in [3.63, 3.8) is 0 Å². The highest BCUT2D eigenvalue weighted by Gasteiger charge is 2.37. The molecule has 2 aromatic heterocycles. The maximum Gasteiger partial charge on any atom is 0.405 e. The summed E-state index contributed by atoms with van der Waals surface area (Å²) in [4.78, 5) is 39.1. The lowest BCUT2D eigenvalue weighted by molar-refractivity contribution is -0.123. The van der Waals surface area contributed by atoms with E-state index in [1.165, 1.54) is 23.2 Å². The third-order valence-corrected chi connectivity index (χ3v) is 5.35. The van der Waals surface area contributed by atoms with Gasteiger partial charge < -0.3 is 19.2 Å². The van der Waals surface area contributed by atoms with Crippen molar-refractivity contribution in [3.05, 3.63) is 57.9 Å². The molecule has 2 aliphatic heterocycles. The van der Waals surface area contributed by atoms with E-state index in [4.69, 9.17) is 4.42 Å². The summed E-state index contributed by atoms with van der Waals surface area (Å²) in [5, 5.41) is 1.74. The van der Waals surface area contributed by atoms with E-state index in [1.54, 1.807) is 22.3 Å². The summed E-state index contributed by atoms with van der Waals surface area (Å²) in [6.07, 6.45) is -0.939. The topological polar surface area (TPSA) is 84.5 Å². The van der Waals surface area contributed by atoms with Crippen LogP contribution in [0.3, 0.4) is 0 Å². The van der Waals surface area contributed by atoms with Gasteiger partial charge in [-0.15, -0.1) is 0 Å². The van der Waals surface area contributed by atoms with Crippen molar-refractivity contribution in [2.75, 3.05) is 19.6 Å². The van der Waals surface area contributed by atoms with Crippen molar-refractivity contribution in [2.24, 2.45) is 5.92 Å². The molecule has 0 spiro atoms. The van der Waals surface area contributed by atoms with E-state index in [-0.39, 0.29) is 23.3 Å². The summed E-state index contributed by atoms with van der Waals surface area (Å²) in [5.41, 5.74) is 0.221. The molecule has 0 radical (unpaired) electrons. The average Bonchev–Trinajstić information content (AvgIpc) is 3.20. The Morgan fingerprint density at radius 3 is 2.66 bits per heavy atom. The first-order chi connectivity index (χ1) is 13.7. The molecule has 2 bridgehead atoms. The first-order valence-electron chi connectivity index (χ1n) is 9.13. The molecular weight excluding hydrogens is 391 g/mol. The van der Waals surface area contributed by atoms with Gasteiger partial charge in [-0.05, 0) is 30.5 Å². The van der Waals surface area contributed by atoms with Gasteiger partial charge in [0.05, 0.1) is 11.8 Å². The molecule has 10 heteroatoms. The fourth-order valence-electron chi connectivity index (χ4n) is 4.13. The highest BCUT2D eigenvalue weighted by molar-refractivity contribution is 5.94. The van der Waals surface area contributed by atoms with Crippen LogP contribution in [0.1, 0.15) is 38.7 Å². The van der Waals surface area contributed by atoms with Crippen LogP contribution < -0.4 is 10.9 Å². The Labute approximate surface area is 163 Å². The summed E-state index contributed by atoms with van der Waals surface area (Å²) in [7, 11) is 0. The van der Waals surface area contributed by atoms with Gasteiger partial charge in [-0.3, -0.25) is 14.4 Å². The van der Waals surface area contributed by atoms with Crippen LogP contribution in [0.15, 0.2) is 39.9 Å². The summed E-state index contributed by atoms with van der Waals surface area (Å²) in [6, 6.07) is 4.45. The zero-order valence-corrected chi connectivity index (χ0v) is 15.2. The zero-order valence-electron chi connectivity index (χ0n) is 15.2. The number of carbonyl (C=O) groups is 2. The second-order valence-corrected chi connectivity index (χ2v) is 7.41. The van der Waals surface area contributed by atoms with Gasteiger partial charge >= 0.3 is 6.18 Å². The first-order valence-corrected chi connectivity index (χ1v) is 9.13. The predicted molar refractivity (Wildman–Crippen MR) is 94.5 cm³/mol. The maximum absolute atomic E-state index is 12.7. The number of halogens is 3. The molecule has 154 valence electrons. The number of aromatic nitrogens is 1. The molecule has 7 nitrogen and oxygen atoms in total. The Morgan fingerprint density at radius 2 is 1.97 bits per heavy atom. The number of alkyl halides is 3. The van der Waals surface area contributed by atoms with Gasteiger partial charge in [0.2, 0.25) is 0 Å². The van der Waals surface area contributed by atoms with Gasteiger partial charge in [0.15, 0.2) is 0 Å². The fraction of sp³-hybridized carbons (Fsp3) is 0.421. The number of piperidine rings is 1. The molecule has 29 heavy (non-hydrogen) atoms. The lowest BCUT2D eigenvalue weighted by atomic mass is 9.82. The monoisotopic (exact) mass is 409 g/mol. The van der Waals surface area contributed by atoms with Gasteiger partial charge in [0.25, 0.3) is 17.4 Å². The van der Waals surface area contributed by atoms with E-state index in [2.05, 4.69) is 0 Å². The second kappa shape index (κ2) is 7.09. The summed E-state index contributed by atoms with van der Waals surface area (Å²) < 4.78 is 43.4. The number of furan rings is 1. The Bertz CT molecular complexity index is 997. The molecule has 0 aromatic carbocycles. The van der Waals surface area contributed by atoms with E-state index in [9.17, 15) is 27.6 Å². The van der Waals surface area contributed by atoms with Gasteiger partial charge in [-0.1, -0.05) is 0 Å². The number of amides is 2. The van der Waals surface area contributed by atoms with Gasteiger partial charge in [0.1, 0.15) is 18.4 Å². The number of carbonyl (C=O) groups excluding carboxylic acids is 2. The van der Waals surface area contributed by atoms with Crippen LogP contribution in [0.2, 0.25) is 0 Å². The van der Waals surface area contributed by atoms with Crippen molar-refractivity contribution < 1.29 is 27.2 Å². The number of hydrogen-bond donors (Lipinski definition) is 1. The molecule has 0 saturated carbocycles. The molecule has 1 fully saturated rings. The quantitative estimate of drug-likeness (QED) is 0.841. The predicted octanol–water partition coefficient (Wildman–Crippen LogP) is 1.99. The Hall–Kier alpha value is -3.04. The second-order valence-electron chi connectivity index (χ2n) is 7.41. The van der Waals surface area contributed by atoms with Crippen LogP contribution in [0.5, 0.6) is 0 Å². The normalized spacial score (nSPS) is 20.9. The van der Waals surface area contributed by atoms with Crippen LogP contribution in [0.4, 0.5) is 13.2 Å². The SMILES string of the molecule is O=C(NCC(F)(F)F)c1ccc2n(c1=O)C[C@H]1C[C@@H]2CN(C(=O)c2ccoc2)C1. The zero-order chi connectivity index (χ0) is 20.8. The molecule has 0 aliphatic carbocycles. The number of fused-ring (bicyclic) bond motifs is 4. The van der Waals surface area contributed by atoms with Crippen molar-refractivity contribution in [2.45, 2.75) is 25.1 Å². The lowest BCUT2D eigenvalue weighted by Gasteiger charge is -2.42. The van der Waals surface area contributed by atoms with Crippen molar-refractivity contribution in [1.82, 2.24) is 14.8 Å². The number of hydrogen-bond acceptors (Lipinski definition) is 4. The van der Waals surface area contributed by atoms with Crippen molar-refractivity contribution >= 4 is 11.8 Å². The van der Waals surface area contributed by atoms with Crippen LogP contribution in [-0.2, 0) is 6.54 Å². The van der Waals surface area contributed by atoms with Crippen molar-refractivity contribution in [3.8, 4) is 0 Å². The van der Waals surface area contributed by atoms with Gasteiger partial charge in [0, 0.05) is 31.2 Å². The van der Waals surface area contributed by atoms with Gasteiger partial charge in [-0.25, -0.2) is 0 Å². The summed E-state index contributed by atoms with van der Waals surface area (Å²) in [5.74, 6) is -1.26. The number of pyridine rings is 1. The standard InChI is InChI=1S/C19H18F3N3O4/c20-19(21,22)10-23-16(26)14-1-2-15-13-5-11(7-25(15)18(14)28)6-24(8-13)17(27)12-3-4-29-9-12/h1-4,9,11,13H,5-8,10H2,(H,23,26)/t11-,13+/m0/s1. The Kier molecular flexibility index (Phi) is 4.71. The highest BCUT2D eigenvalue weighted by atomic mass is 19.4. The van der Waals surface area contributed by atoms with Crippen LogP contribution in [0.25, 0.3) is 0 Å². The minimum absolute atomic E-state index is 0.0169. The average molecular weight is 409 g/mol. The molecule has 2 aliphatic rings. The maximum atomic E-state index is 12.7. The van der Waals surface area contributed by atoms with Crippen LogP contribution in [0, 0.1) is 5.92 Å². The third-order valence-electron chi connectivity index (χ3n) is 5.35. The molecule has 4 heterocycles. The lowest BCUT2D eigenvalue weighted by Crippen LogP contribution is -2.50. The minimum Gasteiger partial charge on any atom is -0.472 e. The first kappa shape index (κ1) is 19.3. The number of nitrogens with one attached hydrogen (secondary N) is 1. The van der Waals surface area contributed by atoms with E-state index in [0.29, 0.717) is 30.9 Å². The van der Waals surface area contributed by atoms with E-state index in [1.807, 2.05) is 0 Å². The third kappa shape index (κ3) is 3.79. The molecule has 1 N–H and O–H groups in total. The smallest absolute Gasteiger partial charge is 0.405 e. The molecule has 4 rings (SSSR count). The molecular formula is C19H18F3N3O4. The molecule has 2 aromatic rings. The van der Waals surface area contributed by atoms with Crippen LogP contribution in [-0.4, -0.2) is 47.1 Å². The van der Waals surface area contributed by atoms with E-state index >= 15 is 0 Å². The highest BCUT2D eigenvalue weighted by Crippen LogP contribution is 2.35. The largest absolute Gasteiger partial charge is 0.472 e. The number of likely N-dealkylation sites (tertiary alicyclic amines) is 1. The molecule has 1 saturated heterocycles. The van der Waals surface area contributed by atoms with E-state index < -0.39 is 24.2 Å². The summed E-state index contributed by atoms with van der Waals surface area (Å²) >= 11 is 0. The van der Waals surface area contributed by atoms with E-state index in [0.717, 1.165) is 6.42 Å². The minimum atomic E-state index is -4.55. The Balaban J connectivity index is 1.56. The molecule has 0 unspecified atom stereocenters. The Morgan fingerprint density at radius 1 is 1.17 bits per heavy atom. The van der Waals surface area contributed by atoms with Gasteiger partial charge in [-0.2, -0.15) is 13.2 Å². The number of rotatable bonds is 3. The summed E-state index contributed by atoms with van der Waals surface area (Å²) in [6.45, 7) is -0.319. The van der Waals surface area contributed by atoms with Crippen molar-refractivity contribution in [1.29, 1.82) is 0 Å². The molecule has 2 atom stereocenters. The number of nitrogens with zero attached hydrogens (tertiary/aromatic N) is 2. The van der Waals surface area contributed by atoms with Crippen LogP contribution >= 0.6 is 0 Å². The molecule has 2 amide bonds. The fourth-order valence-corrected chi connectivity index (χ4v) is 4.13.